The summed E-state index contributed by atoms with van der Waals surface area (Å²) in [5.41, 5.74) is 1.12. The number of rotatable bonds is 5. The Labute approximate surface area is 97.7 Å². The largest absolute Gasteiger partial charge is 0.394 e. The maximum Gasteiger partial charge on any atom is 0.0626 e. The molecule has 2 rings (SSSR count). The summed E-state index contributed by atoms with van der Waals surface area (Å²) in [6, 6.07) is 10.0. The summed E-state index contributed by atoms with van der Waals surface area (Å²) in [6.07, 6.45) is 8.19. The molecule has 0 saturated heterocycles. The quantitative estimate of drug-likeness (QED) is 0.782. The Bertz CT molecular complexity index is 293. The van der Waals surface area contributed by atoms with Crippen LogP contribution in [0.5, 0.6) is 0 Å². The third kappa shape index (κ3) is 3.06. The van der Waals surface area contributed by atoms with Crippen molar-refractivity contribution in [1.82, 2.24) is 5.32 Å². The molecule has 1 fully saturated rings. The Kier molecular flexibility index (Phi) is 4.37. The van der Waals surface area contributed by atoms with Gasteiger partial charge < -0.3 is 10.4 Å². The minimum Gasteiger partial charge on any atom is -0.394 e. The molecule has 1 saturated carbocycles. The summed E-state index contributed by atoms with van der Waals surface area (Å²) in [4.78, 5) is 0. The van der Waals surface area contributed by atoms with E-state index >= 15 is 0 Å². The van der Waals surface area contributed by atoms with Crippen molar-refractivity contribution in [2.75, 3.05) is 13.2 Å². The average Bonchev–Trinajstić information content (AvgIpc) is 2.84. The number of nitrogens with one attached hydrogen (secondary N) is 1. The van der Waals surface area contributed by atoms with E-state index in [1.165, 1.54) is 5.92 Å². The molecule has 0 aliphatic heterocycles. The normalized spacial score (nSPS) is 18.8. The van der Waals surface area contributed by atoms with Gasteiger partial charge in [0.1, 0.15) is 0 Å². The van der Waals surface area contributed by atoms with Gasteiger partial charge in [-0.05, 0) is 37.2 Å². The zero-order valence-electron chi connectivity index (χ0n) is 9.13. The molecule has 0 heterocycles. The van der Waals surface area contributed by atoms with Crippen LogP contribution in [0.4, 0.5) is 0 Å². The summed E-state index contributed by atoms with van der Waals surface area (Å²) in [7, 11) is 0. The topological polar surface area (TPSA) is 32.3 Å². The van der Waals surface area contributed by atoms with Gasteiger partial charge in [0.25, 0.3) is 0 Å². The van der Waals surface area contributed by atoms with Gasteiger partial charge in [-0.2, -0.15) is 0 Å². The Morgan fingerprint density at radius 1 is 1.06 bits per heavy atom. The molecule has 2 nitrogen and oxygen atoms in total. The van der Waals surface area contributed by atoms with Gasteiger partial charge in [0.05, 0.1) is 12.6 Å². The lowest BCUT2D eigenvalue weighted by Gasteiger charge is -2.18. The number of aliphatic hydroxyl groups is 1. The summed E-state index contributed by atoms with van der Waals surface area (Å²) in [5.74, 6) is 1.24. The van der Waals surface area contributed by atoms with Crippen LogP contribution >= 0.6 is 0 Å². The van der Waals surface area contributed by atoms with Crippen LogP contribution in [0.2, 0.25) is 0 Å². The fourth-order valence-corrected chi connectivity index (χ4v) is 1.75. The molecule has 0 spiro atoms. The van der Waals surface area contributed by atoms with Gasteiger partial charge in [-0.1, -0.05) is 30.3 Å². The highest BCUT2D eigenvalue weighted by Gasteiger charge is 2.18. The molecule has 1 aliphatic carbocycles. The Morgan fingerprint density at radius 2 is 1.75 bits per heavy atom. The fourth-order valence-electron chi connectivity index (χ4n) is 1.75. The zero-order chi connectivity index (χ0) is 11.2. The molecule has 1 aliphatic rings. The van der Waals surface area contributed by atoms with E-state index in [-0.39, 0.29) is 12.6 Å². The summed E-state index contributed by atoms with van der Waals surface area (Å²) in [6.45, 7) is 0.901. The second kappa shape index (κ2) is 6.02. The Hall–Kier alpha value is -0.860. The fraction of sp³-hybridized carbons (Fsp3) is 0.214. The van der Waals surface area contributed by atoms with E-state index in [9.17, 15) is 5.11 Å². The molecule has 5 radical (unpaired) electrons. The van der Waals surface area contributed by atoms with Crippen LogP contribution in [0.25, 0.3) is 0 Å². The lowest BCUT2D eigenvalue weighted by Crippen LogP contribution is -2.28. The van der Waals surface area contributed by atoms with Crippen LogP contribution in [0, 0.1) is 31.6 Å². The highest BCUT2D eigenvalue weighted by atomic mass is 16.3. The highest BCUT2D eigenvalue weighted by Crippen LogP contribution is 2.23. The summed E-state index contributed by atoms with van der Waals surface area (Å²) >= 11 is 0. The van der Waals surface area contributed by atoms with E-state index < -0.39 is 0 Å². The molecule has 0 aromatic heterocycles. The predicted molar refractivity (Wildman–Crippen MR) is 64.7 cm³/mol. The first-order valence-electron chi connectivity index (χ1n) is 5.50. The van der Waals surface area contributed by atoms with Crippen molar-refractivity contribution < 1.29 is 5.11 Å². The van der Waals surface area contributed by atoms with E-state index in [1.807, 2.05) is 43.2 Å². The van der Waals surface area contributed by atoms with Crippen LogP contribution in [-0.2, 0) is 0 Å². The zero-order valence-corrected chi connectivity index (χ0v) is 9.13. The maximum absolute atomic E-state index is 9.35. The van der Waals surface area contributed by atoms with E-state index in [4.69, 9.17) is 0 Å². The van der Waals surface area contributed by atoms with Crippen molar-refractivity contribution in [3.63, 3.8) is 0 Å². The molecule has 1 aromatic carbocycles. The molecule has 0 amide bonds. The third-order valence-electron chi connectivity index (χ3n) is 2.67. The first kappa shape index (κ1) is 11.6. The lowest BCUT2D eigenvalue weighted by molar-refractivity contribution is 0.246. The van der Waals surface area contributed by atoms with Gasteiger partial charge >= 0.3 is 0 Å². The van der Waals surface area contributed by atoms with Crippen molar-refractivity contribution in [2.24, 2.45) is 0 Å². The monoisotopic (exact) mass is 214 g/mol. The van der Waals surface area contributed by atoms with Crippen molar-refractivity contribution in [1.29, 1.82) is 0 Å². The standard InChI is InChI=1S/C14H16NO/c16-11-14(13-8-2-1-3-9-13)15-10-12-6-4-5-7-12/h1-9,14-16H,10-11H2/t14-/m0/s1. The molecular formula is C14H16NO. The van der Waals surface area contributed by atoms with E-state index in [2.05, 4.69) is 18.2 Å². The highest BCUT2D eigenvalue weighted by molar-refractivity contribution is 5.36. The SMILES string of the molecule is OC[C@H](NC[C]1[CH][CH][CH][CH]1)c1ccccc1. The smallest absolute Gasteiger partial charge is 0.0626 e. The Morgan fingerprint density at radius 3 is 2.38 bits per heavy atom. The van der Waals surface area contributed by atoms with Crippen LogP contribution in [0.3, 0.4) is 0 Å². The van der Waals surface area contributed by atoms with Crippen molar-refractivity contribution in [2.45, 2.75) is 6.04 Å². The minimum atomic E-state index is 0.0103. The molecule has 2 N–H and O–H groups in total. The van der Waals surface area contributed by atoms with Crippen molar-refractivity contribution >= 4 is 0 Å². The third-order valence-corrected chi connectivity index (χ3v) is 2.67. The van der Waals surface area contributed by atoms with E-state index in [0.717, 1.165) is 12.1 Å². The predicted octanol–water partition coefficient (Wildman–Crippen LogP) is 1.71. The summed E-state index contributed by atoms with van der Waals surface area (Å²) < 4.78 is 0. The second-order valence-corrected chi connectivity index (χ2v) is 3.82. The van der Waals surface area contributed by atoms with Gasteiger partial charge in [-0.15, -0.1) is 0 Å². The van der Waals surface area contributed by atoms with Gasteiger partial charge in [-0.3, -0.25) is 0 Å². The van der Waals surface area contributed by atoms with Crippen LogP contribution in [-0.4, -0.2) is 18.3 Å². The van der Waals surface area contributed by atoms with E-state index in [1.54, 1.807) is 0 Å². The van der Waals surface area contributed by atoms with Crippen molar-refractivity contribution in [3.05, 3.63) is 67.5 Å². The maximum atomic E-state index is 9.35. The summed E-state index contributed by atoms with van der Waals surface area (Å²) in [5, 5.41) is 12.7. The van der Waals surface area contributed by atoms with Crippen LogP contribution in [0.15, 0.2) is 30.3 Å². The molecule has 0 unspecified atom stereocenters. The first-order chi connectivity index (χ1) is 7.90. The van der Waals surface area contributed by atoms with Crippen LogP contribution in [0.1, 0.15) is 11.6 Å². The van der Waals surface area contributed by atoms with Gasteiger partial charge in [0.15, 0.2) is 0 Å². The van der Waals surface area contributed by atoms with E-state index in [0.29, 0.717) is 0 Å². The van der Waals surface area contributed by atoms with Crippen LogP contribution < -0.4 is 5.32 Å². The lowest BCUT2D eigenvalue weighted by atomic mass is 10.1. The van der Waals surface area contributed by atoms with Gasteiger partial charge in [-0.25, -0.2) is 0 Å². The number of hydrogen-bond acceptors (Lipinski definition) is 2. The Balaban J connectivity index is 1.85. The first-order valence-corrected chi connectivity index (χ1v) is 5.50. The molecule has 1 atom stereocenters. The second-order valence-electron chi connectivity index (χ2n) is 3.82. The number of hydrogen-bond donors (Lipinski definition) is 2. The molecule has 1 aromatic rings. The minimum absolute atomic E-state index is 0.0103. The number of benzene rings is 1. The average molecular weight is 214 g/mol. The van der Waals surface area contributed by atoms with Crippen molar-refractivity contribution in [3.8, 4) is 0 Å². The van der Waals surface area contributed by atoms with Gasteiger partial charge in [0.2, 0.25) is 0 Å². The van der Waals surface area contributed by atoms with Gasteiger partial charge in [0, 0.05) is 6.54 Å². The molecular weight excluding hydrogens is 198 g/mol. The molecule has 16 heavy (non-hydrogen) atoms. The molecule has 0 bridgehead atoms. The molecule has 2 heteroatoms. The molecule has 83 valence electrons. The number of aliphatic hydroxyl groups excluding tert-OH is 1.